The van der Waals surface area contributed by atoms with E-state index in [1.165, 1.54) is 161 Å². The number of carbonyl (C=O) groups is 4. The highest BCUT2D eigenvalue weighted by Crippen LogP contribution is 2.45. The zero-order chi connectivity index (χ0) is 68.9. The minimum atomic E-state index is -4.95. The maximum absolute atomic E-state index is 13.0. The summed E-state index contributed by atoms with van der Waals surface area (Å²) in [5, 5.41) is 10.6. The second kappa shape index (κ2) is 63.5. The van der Waals surface area contributed by atoms with Crippen molar-refractivity contribution in [1.29, 1.82) is 0 Å². The van der Waals surface area contributed by atoms with Crippen LogP contribution in [0.1, 0.15) is 370 Å². The van der Waals surface area contributed by atoms with Crippen molar-refractivity contribution in [3.8, 4) is 0 Å². The van der Waals surface area contributed by atoms with E-state index in [2.05, 4.69) is 55.4 Å². The minimum absolute atomic E-state index is 0.105. The van der Waals surface area contributed by atoms with Crippen LogP contribution in [-0.4, -0.2) is 96.7 Å². The van der Waals surface area contributed by atoms with Crippen molar-refractivity contribution >= 4 is 39.5 Å². The van der Waals surface area contributed by atoms with Gasteiger partial charge in [-0.05, 0) is 49.4 Å². The molecule has 0 radical (unpaired) electrons. The lowest BCUT2D eigenvalue weighted by Gasteiger charge is -2.21. The Morgan fingerprint density at radius 1 is 0.269 bits per heavy atom. The van der Waals surface area contributed by atoms with Crippen molar-refractivity contribution in [2.75, 3.05) is 39.6 Å². The Bertz CT molecular complexity index is 1830. The molecule has 0 saturated carbocycles. The molecule has 0 fully saturated rings. The number of ether oxygens (including phenoxy) is 4. The zero-order valence-electron chi connectivity index (χ0n) is 60.9. The van der Waals surface area contributed by atoms with Gasteiger partial charge in [0, 0.05) is 25.7 Å². The summed E-state index contributed by atoms with van der Waals surface area (Å²) >= 11 is 0. The Morgan fingerprint density at radius 2 is 0.452 bits per heavy atom. The Labute approximate surface area is 568 Å². The number of carbonyl (C=O) groups excluding carboxylic acids is 4. The summed E-state index contributed by atoms with van der Waals surface area (Å²) in [6.07, 6.45) is 47.6. The molecule has 5 atom stereocenters. The summed E-state index contributed by atoms with van der Waals surface area (Å²) in [6.45, 7) is 14.1. The van der Waals surface area contributed by atoms with Gasteiger partial charge in [0.25, 0.3) is 0 Å². The standard InChI is InChI=1S/C74H144O17P2/c1-64(2)50-42-34-26-21-17-15-13-11-9-10-12-14-16-18-23-29-40-48-56-73(78)91-70(61-85-72(77)55-47-39-33-32-37-45-53-67(7)8)63-89-93(82,83)87-59-68(75)58-86-92(80,81)88-62-69(60-84-71(76)54-46-38-31-25-28-36-44-52-66(5)6)90-74(79)57-49-41-30-24-20-19-22-27-35-43-51-65(3)4/h64-70,75H,9-63H2,1-8H3,(H,80,81)(H,82,83)/t68?,69-,70-/m1/s1. The Morgan fingerprint density at radius 3 is 0.667 bits per heavy atom. The maximum Gasteiger partial charge on any atom is 0.472 e. The summed E-state index contributed by atoms with van der Waals surface area (Å²) in [7, 11) is -9.91. The first-order valence-corrected chi connectivity index (χ1v) is 41.2. The van der Waals surface area contributed by atoms with Gasteiger partial charge in [0.05, 0.1) is 26.4 Å². The lowest BCUT2D eigenvalue weighted by atomic mass is 10.0. The van der Waals surface area contributed by atoms with Crippen LogP contribution >= 0.6 is 15.6 Å². The molecular weight excluding hydrogens is 1220 g/mol. The van der Waals surface area contributed by atoms with E-state index < -0.39 is 97.5 Å². The third-order valence-electron chi connectivity index (χ3n) is 17.1. The average molecular weight is 1370 g/mol. The maximum atomic E-state index is 13.0. The fourth-order valence-corrected chi connectivity index (χ4v) is 12.8. The molecule has 17 nitrogen and oxygen atoms in total. The number of hydrogen-bond donors (Lipinski definition) is 3. The van der Waals surface area contributed by atoms with E-state index >= 15 is 0 Å². The van der Waals surface area contributed by atoms with Crippen LogP contribution in [0.4, 0.5) is 0 Å². The fourth-order valence-electron chi connectivity index (χ4n) is 11.2. The molecule has 0 bridgehead atoms. The smallest absolute Gasteiger partial charge is 0.462 e. The van der Waals surface area contributed by atoms with Crippen LogP contribution in [0.3, 0.4) is 0 Å². The van der Waals surface area contributed by atoms with Crippen LogP contribution in [-0.2, 0) is 65.4 Å². The average Bonchev–Trinajstić information content (AvgIpc) is 3.35. The molecule has 3 N–H and O–H groups in total. The second-order valence-corrected chi connectivity index (χ2v) is 31.5. The number of unbranched alkanes of at least 4 members (excludes halogenated alkanes) is 37. The SMILES string of the molecule is CC(C)CCCCCCCCCCCCCCCCCCCCC(=O)O[C@H](COC(=O)CCCCCCCCC(C)C)COP(=O)(O)OCC(O)COP(=O)(O)OC[C@@H](COC(=O)CCCCCCCCCC(C)C)OC(=O)CCCCCCCCCCCCC(C)C. The molecule has 0 aliphatic carbocycles. The van der Waals surface area contributed by atoms with Crippen molar-refractivity contribution in [1.82, 2.24) is 0 Å². The normalized spacial score (nSPS) is 14.2. The molecule has 0 aromatic rings. The van der Waals surface area contributed by atoms with Crippen molar-refractivity contribution in [2.45, 2.75) is 388 Å². The Kier molecular flexibility index (Phi) is 62.2. The monoisotopic (exact) mass is 1370 g/mol. The molecule has 19 heteroatoms. The molecule has 0 heterocycles. The largest absolute Gasteiger partial charge is 0.472 e. The van der Waals surface area contributed by atoms with Gasteiger partial charge in [-0.25, -0.2) is 9.13 Å². The number of hydrogen-bond acceptors (Lipinski definition) is 15. The van der Waals surface area contributed by atoms with Crippen molar-refractivity contribution < 1.29 is 80.2 Å². The van der Waals surface area contributed by atoms with Gasteiger partial charge in [0.1, 0.15) is 19.3 Å². The quantitative estimate of drug-likeness (QED) is 0.0222. The topological polar surface area (TPSA) is 237 Å². The van der Waals surface area contributed by atoms with Crippen LogP contribution in [0.5, 0.6) is 0 Å². The van der Waals surface area contributed by atoms with Crippen LogP contribution in [0, 0.1) is 23.7 Å². The first kappa shape index (κ1) is 91.1. The van der Waals surface area contributed by atoms with Crippen LogP contribution in [0.25, 0.3) is 0 Å². The van der Waals surface area contributed by atoms with Gasteiger partial charge in [-0.2, -0.15) is 0 Å². The molecule has 0 aromatic carbocycles. The molecule has 0 spiro atoms. The Balaban J connectivity index is 5.16. The minimum Gasteiger partial charge on any atom is -0.462 e. The molecule has 552 valence electrons. The number of aliphatic hydroxyl groups excluding tert-OH is 1. The van der Waals surface area contributed by atoms with Crippen molar-refractivity contribution in [3.63, 3.8) is 0 Å². The zero-order valence-corrected chi connectivity index (χ0v) is 62.7. The fraction of sp³-hybridized carbons (Fsp3) is 0.946. The van der Waals surface area contributed by atoms with E-state index in [1.807, 2.05) is 0 Å². The van der Waals surface area contributed by atoms with Gasteiger partial charge in [-0.3, -0.25) is 37.3 Å². The summed E-state index contributed by atoms with van der Waals surface area (Å²) in [6, 6.07) is 0. The van der Waals surface area contributed by atoms with E-state index in [0.29, 0.717) is 37.5 Å². The first-order valence-electron chi connectivity index (χ1n) is 38.2. The number of phosphoric ester groups is 2. The van der Waals surface area contributed by atoms with Crippen LogP contribution in [0.2, 0.25) is 0 Å². The van der Waals surface area contributed by atoms with E-state index in [0.717, 1.165) is 115 Å². The number of rotatable bonds is 71. The molecule has 3 unspecified atom stereocenters. The van der Waals surface area contributed by atoms with Gasteiger partial charge in [-0.1, -0.05) is 319 Å². The highest BCUT2D eigenvalue weighted by atomic mass is 31.2. The number of esters is 4. The molecule has 0 aliphatic heterocycles. The molecular formula is C74H144O17P2. The highest BCUT2D eigenvalue weighted by molar-refractivity contribution is 7.47. The predicted molar refractivity (Wildman–Crippen MR) is 377 cm³/mol. The van der Waals surface area contributed by atoms with Crippen LogP contribution in [0.15, 0.2) is 0 Å². The van der Waals surface area contributed by atoms with E-state index in [-0.39, 0.29) is 25.7 Å². The van der Waals surface area contributed by atoms with E-state index in [9.17, 15) is 43.2 Å². The molecule has 0 amide bonds. The third-order valence-corrected chi connectivity index (χ3v) is 19.0. The van der Waals surface area contributed by atoms with Gasteiger partial charge in [-0.15, -0.1) is 0 Å². The number of aliphatic hydroxyl groups is 1. The summed E-state index contributed by atoms with van der Waals surface area (Å²) in [5.74, 6) is 0.829. The molecule has 0 aromatic heterocycles. The third kappa shape index (κ3) is 68.4. The van der Waals surface area contributed by atoms with Gasteiger partial charge >= 0.3 is 39.5 Å². The summed E-state index contributed by atoms with van der Waals surface area (Å²) in [4.78, 5) is 72.6. The van der Waals surface area contributed by atoms with Gasteiger partial charge < -0.3 is 33.8 Å². The summed E-state index contributed by atoms with van der Waals surface area (Å²) < 4.78 is 68.3. The molecule has 0 aliphatic rings. The van der Waals surface area contributed by atoms with E-state index in [1.54, 1.807) is 0 Å². The second-order valence-electron chi connectivity index (χ2n) is 28.6. The van der Waals surface area contributed by atoms with Crippen LogP contribution < -0.4 is 0 Å². The van der Waals surface area contributed by atoms with E-state index in [4.69, 9.17) is 37.0 Å². The van der Waals surface area contributed by atoms with Gasteiger partial charge in [0.2, 0.25) is 0 Å². The molecule has 93 heavy (non-hydrogen) atoms. The lowest BCUT2D eigenvalue weighted by Crippen LogP contribution is -2.30. The lowest BCUT2D eigenvalue weighted by molar-refractivity contribution is -0.161. The summed E-state index contributed by atoms with van der Waals surface area (Å²) in [5.41, 5.74) is 0. The van der Waals surface area contributed by atoms with Crippen molar-refractivity contribution in [3.05, 3.63) is 0 Å². The first-order chi connectivity index (χ1) is 44.6. The molecule has 0 rings (SSSR count). The Hall–Kier alpha value is -1.94. The highest BCUT2D eigenvalue weighted by Gasteiger charge is 2.30. The van der Waals surface area contributed by atoms with Crippen molar-refractivity contribution in [2.24, 2.45) is 23.7 Å². The predicted octanol–water partition coefficient (Wildman–Crippen LogP) is 21.3. The molecule has 0 saturated heterocycles. The van der Waals surface area contributed by atoms with Gasteiger partial charge in [0.15, 0.2) is 12.2 Å². The number of phosphoric acid groups is 2.